The summed E-state index contributed by atoms with van der Waals surface area (Å²) in [6.07, 6.45) is 6.70. The van der Waals surface area contributed by atoms with Gasteiger partial charge in [-0.05, 0) is 31.1 Å². The summed E-state index contributed by atoms with van der Waals surface area (Å²) in [5, 5.41) is 2.68. The van der Waals surface area contributed by atoms with Crippen molar-refractivity contribution in [3.63, 3.8) is 0 Å². The monoisotopic (exact) mass is 257 g/mol. The van der Waals surface area contributed by atoms with Crippen LogP contribution in [0.4, 0.5) is 0 Å². The van der Waals surface area contributed by atoms with E-state index in [-0.39, 0.29) is 41.1 Å². The molecule has 4 nitrogen and oxygen atoms in total. The first kappa shape index (κ1) is 11.1. The lowest BCUT2D eigenvalue weighted by Gasteiger charge is -2.32. The number of allylic oxidation sites excluding steroid dienone is 4. The van der Waals surface area contributed by atoms with E-state index >= 15 is 0 Å². The van der Waals surface area contributed by atoms with E-state index in [1.807, 2.05) is 0 Å². The van der Waals surface area contributed by atoms with Crippen molar-refractivity contribution in [2.75, 3.05) is 0 Å². The van der Waals surface area contributed by atoms with Gasteiger partial charge in [-0.3, -0.25) is 14.4 Å². The Bertz CT molecular complexity index is 572. The maximum absolute atomic E-state index is 12.6. The van der Waals surface area contributed by atoms with Crippen LogP contribution in [0.15, 0.2) is 23.4 Å². The Labute approximate surface area is 110 Å². The Morgan fingerprint density at radius 2 is 1.63 bits per heavy atom. The first-order valence-electron chi connectivity index (χ1n) is 6.96. The van der Waals surface area contributed by atoms with Crippen LogP contribution in [0.2, 0.25) is 0 Å². The standard InChI is InChI=1S/C15H15NO3/c17-10-3-1-2-9-13(16-10)15(19)12-8-5-4-7(6-8)11(12)14(9)18/h4-5,7-8,11-12H,1-3,6H2,(H,16,17)/t7-,8+,11?,12?/m1/s1. The van der Waals surface area contributed by atoms with E-state index in [0.717, 1.165) is 6.42 Å². The number of rotatable bonds is 0. The molecule has 0 aromatic carbocycles. The molecule has 98 valence electrons. The molecule has 19 heavy (non-hydrogen) atoms. The number of ketones is 2. The maximum atomic E-state index is 12.6. The summed E-state index contributed by atoms with van der Waals surface area (Å²) in [7, 11) is 0. The Balaban J connectivity index is 1.82. The molecule has 0 spiro atoms. The van der Waals surface area contributed by atoms with Crippen LogP contribution in [0.1, 0.15) is 25.7 Å². The number of nitrogens with one attached hydrogen (secondary N) is 1. The molecule has 4 rings (SSSR count). The van der Waals surface area contributed by atoms with Gasteiger partial charge in [0.15, 0.2) is 11.6 Å². The van der Waals surface area contributed by atoms with Crippen LogP contribution in [0.5, 0.6) is 0 Å². The SMILES string of the molecule is O=C1CCCC2=C(N1)C(=O)C1C(C2=O)[C@@H]2C=C[C@H]1C2. The van der Waals surface area contributed by atoms with Crippen LogP contribution in [-0.4, -0.2) is 17.5 Å². The molecule has 4 aliphatic rings. The molecule has 1 saturated carbocycles. The fraction of sp³-hybridized carbons (Fsp3) is 0.533. The van der Waals surface area contributed by atoms with Crippen LogP contribution in [0.3, 0.4) is 0 Å². The van der Waals surface area contributed by atoms with Gasteiger partial charge >= 0.3 is 0 Å². The van der Waals surface area contributed by atoms with Crippen molar-refractivity contribution < 1.29 is 14.4 Å². The number of hydrogen-bond donors (Lipinski definition) is 1. The van der Waals surface area contributed by atoms with E-state index in [4.69, 9.17) is 0 Å². The zero-order valence-electron chi connectivity index (χ0n) is 10.5. The van der Waals surface area contributed by atoms with E-state index in [9.17, 15) is 14.4 Å². The first-order chi connectivity index (χ1) is 9.16. The molecule has 0 saturated heterocycles. The van der Waals surface area contributed by atoms with Crippen molar-refractivity contribution in [3.8, 4) is 0 Å². The molecule has 4 atom stereocenters. The number of amides is 1. The van der Waals surface area contributed by atoms with Crippen LogP contribution < -0.4 is 5.32 Å². The summed E-state index contributed by atoms with van der Waals surface area (Å²) in [6, 6.07) is 0. The van der Waals surface area contributed by atoms with Crippen molar-refractivity contribution in [1.82, 2.24) is 5.32 Å². The molecule has 1 amide bonds. The molecular weight excluding hydrogens is 242 g/mol. The molecule has 4 heteroatoms. The zero-order chi connectivity index (χ0) is 13.1. The minimum Gasteiger partial charge on any atom is -0.323 e. The average Bonchev–Trinajstić information content (AvgIpc) is 2.94. The molecule has 0 aromatic rings. The van der Waals surface area contributed by atoms with Gasteiger partial charge in [0.1, 0.15) is 0 Å². The third kappa shape index (κ3) is 1.37. The van der Waals surface area contributed by atoms with Crippen LogP contribution in [0.25, 0.3) is 0 Å². The third-order valence-corrected chi connectivity index (χ3v) is 5.01. The topological polar surface area (TPSA) is 63.2 Å². The fourth-order valence-electron chi connectivity index (χ4n) is 4.19. The maximum Gasteiger partial charge on any atom is 0.224 e. The van der Waals surface area contributed by atoms with Crippen molar-refractivity contribution >= 4 is 17.5 Å². The van der Waals surface area contributed by atoms with Gasteiger partial charge in [0.25, 0.3) is 0 Å². The second-order valence-corrected chi connectivity index (χ2v) is 5.98. The minimum absolute atomic E-state index is 0.00769. The molecule has 0 radical (unpaired) electrons. The van der Waals surface area contributed by atoms with Gasteiger partial charge in [-0.1, -0.05) is 12.2 Å². The summed E-state index contributed by atoms with van der Waals surface area (Å²) in [4.78, 5) is 36.9. The molecule has 2 unspecified atom stereocenters. The third-order valence-electron chi connectivity index (χ3n) is 5.01. The van der Waals surface area contributed by atoms with Crippen LogP contribution in [-0.2, 0) is 14.4 Å². The highest BCUT2D eigenvalue weighted by Crippen LogP contribution is 2.52. The fourth-order valence-corrected chi connectivity index (χ4v) is 4.19. The Hall–Kier alpha value is -1.71. The van der Waals surface area contributed by atoms with Gasteiger partial charge in [0, 0.05) is 23.8 Å². The van der Waals surface area contributed by atoms with Crippen molar-refractivity contribution in [3.05, 3.63) is 23.4 Å². The highest BCUT2D eigenvalue weighted by atomic mass is 16.2. The zero-order valence-corrected chi connectivity index (χ0v) is 10.5. The average molecular weight is 257 g/mol. The van der Waals surface area contributed by atoms with E-state index in [1.54, 1.807) is 0 Å². The Morgan fingerprint density at radius 1 is 0.947 bits per heavy atom. The normalized spacial score (nSPS) is 40.1. The van der Waals surface area contributed by atoms with E-state index < -0.39 is 0 Å². The van der Waals surface area contributed by atoms with Gasteiger partial charge in [0.05, 0.1) is 5.70 Å². The summed E-state index contributed by atoms with van der Waals surface area (Å²) in [5.41, 5.74) is 0.896. The largest absolute Gasteiger partial charge is 0.323 e. The summed E-state index contributed by atoms with van der Waals surface area (Å²) < 4.78 is 0. The molecule has 1 aliphatic heterocycles. The molecular formula is C15H15NO3. The van der Waals surface area contributed by atoms with E-state index in [2.05, 4.69) is 17.5 Å². The van der Waals surface area contributed by atoms with Gasteiger partial charge in [-0.25, -0.2) is 0 Å². The predicted molar refractivity (Wildman–Crippen MR) is 66.8 cm³/mol. The number of carbonyl (C=O) groups is 3. The number of hydrogen-bond acceptors (Lipinski definition) is 3. The quantitative estimate of drug-likeness (QED) is 0.662. The number of Topliss-reactive ketones (excluding diaryl/α,β-unsaturated/α-hetero) is 2. The molecule has 0 aromatic heterocycles. The van der Waals surface area contributed by atoms with Crippen LogP contribution >= 0.6 is 0 Å². The van der Waals surface area contributed by atoms with Gasteiger partial charge < -0.3 is 5.32 Å². The Morgan fingerprint density at radius 3 is 2.37 bits per heavy atom. The minimum atomic E-state index is -0.223. The molecule has 3 aliphatic carbocycles. The lowest BCUT2D eigenvalue weighted by Crippen LogP contribution is -2.43. The van der Waals surface area contributed by atoms with Crippen LogP contribution in [0, 0.1) is 23.7 Å². The van der Waals surface area contributed by atoms with Crippen molar-refractivity contribution in [2.24, 2.45) is 23.7 Å². The summed E-state index contributed by atoms with van der Waals surface area (Å²) in [6.45, 7) is 0. The van der Waals surface area contributed by atoms with Gasteiger partial charge in [-0.2, -0.15) is 0 Å². The lowest BCUT2D eigenvalue weighted by atomic mass is 9.70. The predicted octanol–water partition coefficient (Wildman–Crippen LogP) is 1.13. The van der Waals surface area contributed by atoms with Gasteiger partial charge in [0.2, 0.25) is 5.91 Å². The van der Waals surface area contributed by atoms with Crippen molar-refractivity contribution in [1.29, 1.82) is 0 Å². The van der Waals surface area contributed by atoms with E-state index in [1.165, 1.54) is 0 Å². The molecule has 1 heterocycles. The molecule has 1 fully saturated rings. The second-order valence-electron chi connectivity index (χ2n) is 5.98. The Kier molecular flexibility index (Phi) is 2.14. The van der Waals surface area contributed by atoms with Crippen molar-refractivity contribution in [2.45, 2.75) is 25.7 Å². The van der Waals surface area contributed by atoms with E-state index in [0.29, 0.717) is 30.5 Å². The second kappa shape index (κ2) is 3.65. The highest BCUT2D eigenvalue weighted by molar-refractivity contribution is 6.16. The molecule has 1 N–H and O–H groups in total. The number of carbonyl (C=O) groups excluding carboxylic acids is 3. The summed E-state index contributed by atoms with van der Waals surface area (Å²) >= 11 is 0. The number of fused-ring (bicyclic) bond motifs is 5. The lowest BCUT2D eigenvalue weighted by molar-refractivity contribution is -0.132. The molecule has 2 bridgehead atoms. The highest BCUT2D eigenvalue weighted by Gasteiger charge is 2.55. The summed E-state index contributed by atoms with van der Waals surface area (Å²) in [5.74, 6) is 0.0182. The van der Waals surface area contributed by atoms with Gasteiger partial charge in [-0.15, -0.1) is 0 Å². The first-order valence-corrected chi connectivity index (χ1v) is 6.96. The smallest absolute Gasteiger partial charge is 0.224 e.